The van der Waals surface area contributed by atoms with Crippen LogP contribution in [0, 0.1) is 0 Å². The third-order valence-corrected chi connectivity index (χ3v) is 5.11. The quantitative estimate of drug-likeness (QED) is 0.844. The lowest BCUT2D eigenvalue weighted by Crippen LogP contribution is -2.32. The lowest BCUT2D eigenvalue weighted by molar-refractivity contribution is 0.140. The largest absolute Gasteiger partial charge is 0.504 e. The van der Waals surface area contributed by atoms with E-state index >= 15 is 0 Å². The van der Waals surface area contributed by atoms with Crippen LogP contribution in [0.2, 0.25) is 0 Å². The zero-order valence-electron chi connectivity index (χ0n) is 16.1. The van der Waals surface area contributed by atoms with Gasteiger partial charge in [0.2, 0.25) is 0 Å². The lowest BCUT2D eigenvalue weighted by Gasteiger charge is -2.36. The van der Waals surface area contributed by atoms with Gasteiger partial charge in [0.15, 0.2) is 11.5 Å². The van der Waals surface area contributed by atoms with Crippen molar-refractivity contribution in [3.05, 3.63) is 59.2 Å². The van der Waals surface area contributed by atoms with Crippen LogP contribution in [0.25, 0.3) is 0 Å². The van der Waals surface area contributed by atoms with Gasteiger partial charge in [-0.2, -0.15) is 0 Å². The van der Waals surface area contributed by atoms with Gasteiger partial charge in [-0.15, -0.1) is 0 Å². The summed E-state index contributed by atoms with van der Waals surface area (Å²) in [6.07, 6.45) is 3.71. The summed E-state index contributed by atoms with van der Waals surface area (Å²) >= 11 is 0. The molecular weight excluding hydrogens is 324 g/mol. The first-order chi connectivity index (χ1) is 12.6. The number of ether oxygens (including phenoxy) is 1. The summed E-state index contributed by atoms with van der Waals surface area (Å²) in [5.41, 5.74) is 3.93. The maximum atomic E-state index is 9.82. The summed E-state index contributed by atoms with van der Waals surface area (Å²) in [6.45, 7) is 2.95. The normalized spacial score (nSPS) is 18.2. The molecule has 0 saturated carbocycles. The minimum absolute atomic E-state index is 0.197. The molecule has 1 atom stereocenters. The van der Waals surface area contributed by atoms with Crippen LogP contribution in [0.15, 0.2) is 42.5 Å². The molecule has 0 aliphatic carbocycles. The van der Waals surface area contributed by atoms with E-state index in [9.17, 15) is 5.11 Å². The summed E-state index contributed by atoms with van der Waals surface area (Å²) in [5, 5.41) is 9.82. The van der Waals surface area contributed by atoms with E-state index in [-0.39, 0.29) is 5.75 Å². The maximum Gasteiger partial charge on any atom is 0.160 e. The summed E-state index contributed by atoms with van der Waals surface area (Å²) in [5.74, 6) is 0.743. The molecule has 0 spiro atoms. The van der Waals surface area contributed by atoms with E-state index in [2.05, 4.69) is 48.2 Å². The molecule has 1 aliphatic heterocycles. The molecule has 1 saturated heterocycles. The number of rotatable bonds is 6. The van der Waals surface area contributed by atoms with Crippen LogP contribution in [0.4, 0.5) is 0 Å². The molecule has 2 aromatic rings. The SMILES string of the molecule is COc1cc(CN2CCCC[C@@H]2c2ccc(CN(C)C)cc2)ccc1O. The van der Waals surface area contributed by atoms with Gasteiger partial charge in [-0.3, -0.25) is 4.90 Å². The first-order valence-electron chi connectivity index (χ1n) is 9.40. The van der Waals surface area contributed by atoms with Crippen molar-refractivity contribution in [2.24, 2.45) is 0 Å². The molecule has 0 radical (unpaired) electrons. The summed E-state index contributed by atoms with van der Waals surface area (Å²) in [4.78, 5) is 4.75. The average Bonchev–Trinajstić information content (AvgIpc) is 2.64. The Morgan fingerprint density at radius 2 is 1.81 bits per heavy atom. The number of likely N-dealkylation sites (tertiary alicyclic amines) is 1. The minimum Gasteiger partial charge on any atom is -0.504 e. The average molecular weight is 354 g/mol. The van der Waals surface area contributed by atoms with E-state index in [0.29, 0.717) is 11.8 Å². The van der Waals surface area contributed by atoms with Crippen molar-refractivity contribution in [3.8, 4) is 11.5 Å². The molecular formula is C22H30N2O2. The van der Waals surface area contributed by atoms with Crippen molar-refractivity contribution in [2.75, 3.05) is 27.7 Å². The van der Waals surface area contributed by atoms with Crippen LogP contribution in [-0.4, -0.2) is 42.7 Å². The molecule has 0 bridgehead atoms. The van der Waals surface area contributed by atoms with Gasteiger partial charge in [0.1, 0.15) is 0 Å². The van der Waals surface area contributed by atoms with E-state index in [1.165, 1.54) is 36.0 Å². The Bertz CT molecular complexity index is 713. The molecule has 0 aromatic heterocycles. The highest BCUT2D eigenvalue weighted by atomic mass is 16.5. The zero-order valence-corrected chi connectivity index (χ0v) is 16.1. The van der Waals surface area contributed by atoms with E-state index < -0.39 is 0 Å². The van der Waals surface area contributed by atoms with Gasteiger partial charge in [0.25, 0.3) is 0 Å². The number of piperidine rings is 1. The highest BCUT2D eigenvalue weighted by molar-refractivity contribution is 5.41. The number of benzene rings is 2. The maximum absolute atomic E-state index is 9.82. The lowest BCUT2D eigenvalue weighted by atomic mass is 9.94. The van der Waals surface area contributed by atoms with E-state index in [0.717, 1.165) is 19.6 Å². The first kappa shape index (κ1) is 18.7. The Morgan fingerprint density at radius 3 is 2.50 bits per heavy atom. The minimum atomic E-state index is 0.197. The fourth-order valence-electron chi connectivity index (χ4n) is 3.82. The number of aromatic hydroxyl groups is 1. The number of hydrogen-bond donors (Lipinski definition) is 1. The van der Waals surface area contributed by atoms with Crippen molar-refractivity contribution in [3.63, 3.8) is 0 Å². The number of phenolic OH excluding ortho intramolecular Hbond substituents is 1. The Hall–Kier alpha value is -2.04. The molecule has 1 heterocycles. The van der Waals surface area contributed by atoms with Gasteiger partial charge >= 0.3 is 0 Å². The van der Waals surface area contributed by atoms with Crippen LogP contribution < -0.4 is 4.74 Å². The molecule has 140 valence electrons. The molecule has 0 unspecified atom stereocenters. The Labute approximate surface area is 157 Å². The molecule has 26 heavy (non-hydrogen) atoms. The van der Waals surface area contributed by atoms with Gasteiger partial charge in [0.05, 0.1) is 7.11 Å². The molecule has 2 aromatic carbocycles. The highest BCUT2D eigenvalue weighted by Gasteiger charge is 2.24. The number of nitrogens with zero attached hydrogens (tertiary/aromatic N) is 2. The fourth-order valence-corrected chi connectivity index (χ4v) is 3.82. The van der Waals surface area contributed by atoms with Gasteiger partial charge in [-0.05, 0) is 62.3 Å². The number of phenols is 1. The van der Waals surface area contributed by atoms with Crippen molar-refractivity contribution in [1.82, 2.24) is 9.80 Å². The molecule has 1 fully saturated rings. The Kier molecular flexibility index (Phi) is 6.17. The topological polar surface area (TPSA) is 35.9 Å². The summed E-state index contributed by atoms with van der Waals surface area (Å²) < 4.78 is 5.26. The smallest absolute Gasteiger partial charge is 0.160 e. The van der Waals surface area contributed by atoms with Gasteiger partial charge in [-0.25, -0.2) is 0 Å². The predicted octanol–water partition coefficient (Wildman–Crippen LogP) is 4.19. The zero-order chi connectivity index (χ0) is 18.5. The Balaban J connectivity index is 1.75. The second-order valence-corrected chi connectivity index (χ2v) is 7.47. The predicted molar refractivity (Wildman–Crippen MR) is 105 cm³/mol. The Morgan fingerprint density at radius 1 is 1.08 bits per heavy atom. The van der Waals surface area contributed by atoms with Gasteiger partial charge in [0, 0.05) is 19.1 Å². The van der Waals surface area contributed by atoms with Crippen molar-refractivity contribution < 1.29 is 9.84 Å². The molecule has 0 amide bonds. The van der Waals surface area contributed by atoms with Crippen LogP contribution in [0.3, 0.4) is 0 Å². The van der Waals surface area contributed by atoms with Crippen molar-refractivity contribution in [1.29, 1.82) is 0 Å². The van der Waals surface area contributed by atoms with Crippen LogP contribution in [0.5, 0.6) is 11.5 Å². The second kappa shape index (κ2) is 8.56. The molecule has 1 aliphatic rings. The van der Waals surface area contributed by atoms with Gasteiger partial charge < -0.3 is 14.7 Å². The first-order valence-corrected chi connectivity index (χ1v) is 9.40. The van der Waals surface area contributed by atoms with Crippen molar-refractivity contribution >= 4 is 0 Å². The van der Waals surface area contributed by atoms with E-state index in [1.54, 1.807) is 13.2 Å². The standard InChI is InChI=1S/C22H30N2O2/c1-23(2)15-17-7-10-19(11-8-17)20-6-4-5-13-24(20)16-18-9-12-21(25)22(14-18)26-3/h7-12,14,20,25H,4-6,13,15-16H2,1-3H3/t20-/m1/s1. The van der Waals surface area contributed by atoms with Crippen LogP contribution in [-0.2, 0) is 13.1 Å². The van der Waals surface area contributed by atoms with Crippen molar-refractivity contribution in [2.45, 2.75) is 38.4 Å². The van der Waals surface area contributed by atoms with Crippen LogP contribution in [0.1, 0.15) is 42.0 Å². The van der Waals surface area contributed by atoms with E-state index in [1.807, 2.05) is 12.1 Å². The summed E-state index contributed by atoms with van der Waals surface area (Å²) in [6, 6.07) is 15.2. The second-order valence-electron chi connectivity index (χ2n) is 7.47. The third kappa shape index (κ3) is 4.57. The highest BCUT2D eigenvalue weighted by Crippen LogP contribution is 2.34. The molecule has 1 N–H and O–H groups in total. The molecule has 3 rings (SSSR count). The summed E-state index contributed by atoms with van der Waals surface area (Å²) in [7, 11) is 5.79. The van der Waals surface area contributed by atoms with Crippen LogP contribution >= 0.6 is 0 Å². The van der Waals surface area contributed by atoms with E-state index in [4.69, 9.17) is 4.74 Å². The monoisotopic (exact) mass is 354 g/mol. The number of hydrogen-bond acceptors (Lipinski definition) is 4. The fraction of sp³-hybridized carbons (Fsp3) is 0.455. The third-order valence-electron chi connectivity index (χ3n) is 5.11. The van der Waals surface area contributed by atoms with Gasteiger partial charge in [-0.1, -0.05) is 36.8 Å². The number of methoxy groups -OCH3 is 1. The molecule has 4 heteroatoms. The molecule has 4 nitrogen and oxygen atoms in total.